The smallest absolute Gasteiger partial charge is 0.193 e. The van der Waals surface area contributed by atoms with Gasteiger partial charge in [0, 0.05) is 58.7 Å². The zero-order chi connectivity index (χ0) is 18.5. The van der Waals surface area contributed by atoms with Crippen molar-refractivity contribution in [1.82, 2.24) is 24.7 Å². The number of aliphatic imine (C=N–C) groups is 1. The Kier molecular flexibility index (Phi) is 7.69. The number of guanidine groups is 1. The van der Waals surface area contributed by atoms with E-state index in [-0.39, 0.29) is 30.1 Å². The molecular formula is C20H29IN6O. The van der Waals surface area contributed by atoms with E-state index in [0.29, 0.717) is 6.04 Å². The summed E-state index contributed by atoms with van der Waals surface area (Å²) in [7, 11) is 1.85. The Labute approximate surface area is 183 Å². The fraction of sp³-hybridized carbons (Fsp3) is 0.500. The molecule has 1 aromatic heterocycles. The number of nitrogens with zero attached hydrogens (tertiary/aromatic N) is 5. The van der Waals surface area contributed by atoms with Gasteiger partial charge in [0.1, 0.15) is 0 Å². The van der Waals surface area contributed by atoms with Crippen LogP contribution in [0.25, 0.3) is 0 Å². The normalized spacial score (nSPS) is 22.6. The molecule has 7 nitrogen and oxygen atoms in total. The van der Waals surface area contributed by atoms with E-state index >= 15 is 0 Å². The Morgan fingerprint density at radius 3 is 2.89 bits per heavy atom. The summed E-state index contributed by atoms with van der Waals surface area (Å²) in [5.74, 6) is 0.952. The summed E-state index contributed by atoms with van der Waals surface area (Å²) in [5, 5.41) is 3.48. The monoisotopic (exact) mass is 496 g/mol. The van der Waals surface area contributed by atoms with Gasteiger partial charge in [-0.3, -0.25) is 9.89 Å². The second-order valence-corrected chi connectivity index (χ2v) is 7.11. The molecular weight excluding hydrogens is 467 g/mol. The number of morpholine rings is 1. The van der Waals surface area contributed by atoms with E-state index in [9.17, 15) is 0 Å². The van der Waals surface area contributed by atoms with Gasteiger partial charge in [-0.1, -0.05) is 30.3 Å². The molecule has 2 aliphatic rings. The maximum atomic E-state index is 6.08. The first kappa shape index (κ1) is 21.1. The lowest BCUT2D eigenvalue weighted by atomic mass is 10.1. The molecule has 3 heterocycles. The zero-order valence-electron chi connectivity index (χ0n) is 16.3. The minimum Gasteiger partial charge on any atom is -0.373 e. The summed E-state index contributed by atoms with van der Waals surface area (Å²) in [6, 6.07) is 11.1. The summed E-state index contributed by atoms with van der Waals surface area (Å²) in [6.45, 7) is 6.29. The third kappa shape index (κ3) is 5.03. The molecule has 1 aromatic carbocycles. The van der Waals surface area contributed by atoms with Gasteiger partial charge in [-0.25, -0.2) is 4.98 Å². The lowest BCUT2D eigenvalue weighted by molar-refractivity contribution is -0.0502. The van der Waals surface area contributed by atoms with E-state index in [4.69, 9.17) is 4.74 Å². The minimum atomic E-state index is 0. The standard InChI is InChI=1S/C20H28N6O.HI/c1-21-20(23-8-10-24-9-7-22-16-24)26-14-18-19(15-26)27-12-11-25(18)13-17-5-3-2-4-6-17;/h2-7,9,16,18-19H,8,10-15H2,1H3,(H,21,23);1H. The summed E-state index contributed by atoms with van der Waals surface area (Å²) in [5.41, 5.74) is 1.36. The lowest BCUT2D eigenvalue weighted by Crippen LogP contribution is -2.50. The molecule has 152 valence electrons. The Morgan fingerprint density at radius 2 is 2.14 bits per heavy atom. The molecule has 0 saturated carbocycles. The fourth-order valence-electron chi connectivity index (χ4n) is 3.99. The van der Waals surface area contributed by atoms with Crippen molar-refractivity contribution in [3.8, 4) is 0 Å². The second-order valence-electron chi connectivity index (χ2n) is 7.11. The topological polar surface area (TPSA) is 57.9 Å². The highest BCUT2D eigenvalue weighted by Gasteiger charge is 2.41. The summed E-state index contributed by atoms with van der Waals surface area (Å²) in [4.78, 5) is 13.5. The number of ether oxygens (including phenoxy) is 1. The number of likely N-dealkylation sites (tertiary alicyclic amines) is 1. The van der Waals surface area contributed by atoms with Crippen LogP contribution in [0.3, 0.4) is 0 Å². The molecule has 2 atom stereocenters. The van der Waals surface area contributed by atoms with Crippen LogP contribution >= 0.6 is 24.0 Å². The van der Waals surface area contributed by atoms with Crippen LogP contribution in [-0.2, 0) is 17.8 Å². The summed E-state index contributed by atoms with van der Waals surface area (Å²) in [6.07, 6.45) is 5.86. The molecule has 2 unspecified atom stereocenters. The van der Waals surface area contributed by atoms with Gasteiger partial charge in [0.2, 0.25) is 0 Å². The summed E-state index contributed by atoms with van der Waals surface area (Å²) >= 11 is 0. The highest BCUT2D eigenvalue weighted by Crippen LogP contribution is 2.24. The number of rotatable bonds is 5. The van der Waals surface area contributed by atoms with Crippen molar-refractivity contribution >= 4 is 29.9 Å². The van der Waals surface area contributed by atoms with Gasteiger partial charge in [0.05, 0.1) is 25.1 Å². The third-order valence-electron chi connectivity index (χ3n) is 5.37. The van der Waals surface area contributed by atoms with Crippen LogP contribution < -0.4 is 5.32 Å². The highest BCUT2D eigenvalue weighted by atomic mass is 127. The van der Waals surface area contributed by atoms with Crippen LogP contribution in [0.1, 0.15) is 5.56 Å². The van der Waals surface area contributed by atoms with Crippen LogP contribution in [0.15, 0.2) is 54.0 Å². The Hall–Kier alpha value is -1.65. The average Bonchev–Trinajstić information content (AvgIpc) is 3.36. The molecule has 28 heavy (non-hydrogen) atoms. The zero-order valence-corrected chi connectivity index (χ0v) is 18.6. The first-order valence-electron chi connectivity index (χ1n) is 9.64. The van der Waals surface area contributed by atoms with E-state index in [2.05, 4.69) is 60.0 Å². The van der Waals surface area contributed by atoms with Gasteiger partial charge in [-0.05, 0) is 5.56 Å². The molecule has 0 amide bonds. The molecule has 2 aliphatic heterocycles. The molecule has 2 saturated heterocycles. The van der Waals surface area contributed by atoms with E-state index in [1.165, 1.54) is 5.56 Å². The van der Waals surface area contributed by atoms with Gasteiger partial charge >= 0.3 is 0 Å². The van der Waals surface area contributed by atoms with Gasteiger partial charge < -0.3 is 19.5 Å². The van der Waals surface area contributed by atoms with Crippen molar-refractivity contribution in [2.24, 2.45) is 4.99 Å². The molecule has 8 heteroatoms. The quantitative estimate of drug-likeness (QED) is 0.388. The Balaban J connectivity index is 0.00000225. The van der Waals surface area contributed by atoms with Crippen LogP contribution in [0, 0.1) is 0 Å². The Morgan fingerprint density at radius 1 is 1.29 bits per heavy atom. The number of hydrogen-bond acceptors (Lipinski definition) is 4. The van der Waals surface area contributed by atoms with E-state index in [0.717, 1.165) is 51.8 Å². The summed E-state index contributed by atoms with van der Waals surface area (Å²) < 4.78 is 8.14. The predicted molar refractivity (Wildman–Crippen MR) is 121 cm³/mol. The number of aromatic nitrogens is 2. The lowest BCUT2D eigenvalue weighted by Gasteiger charge is -2.36. The number of nitrogens with one attached hydrogen (secondary N) is 1. The van der Waals surface area contributed by atoms with Crippen LogP contribution in [0.2, 0.25) is 0 Å². The molecule has 0 bridgehead atoms. The average molecular weight is 496 g/mol. The first-order valence-corrected chi connectivity index (χ1v) is 9.64. The van der Waals surface area contributed by atoms with Crippen molar-refractivity contribution in [2.75, 3.05) is 39.8 Å². The number of hydrogen-bond donors (Lipinski definition) is 1. The number of imidazole rings is 1. The molecule has 2 aromatic rings. The van der Waals surface area contributed by atoms with Gasteiger partial charge in [-0.15, -0.1) is 24.0 Å². The largest absolute Gasteiger partial charge is 0.373 e. The van der Waals surface area contributed by atoms with Crippen molar-refractivity contribution in [3.63, 3.8) is 0 Å². The predicted octanol–water partition coefficient (Wildman–Crippen LogP) is 1.66. The minimum absolute atomic E-state index is 0. The molecule has 2 fully saturated rings. The van der Waals surface area contributed by atoms with Crippen LogP contribution in [0.4, 0.5) is 0 Å². The van der Waals surface area contributed by atoms with Crippen LogP contribution in [0.5, 0.6) is 0 Å². The number of benzene rings is 1. The second kappa shape index (κ2) is 10.2. The maximum absolute atomic E-state index is 6.08. The third-order valence-corrected chi connectivity index (χ3v) is 5.37. The first-order chi connectivity index (χ1) is 13.3. The number of fused-ring (bicyclic) bond motifs is 1. The van der Waals surface area contributed by atoms with E-state index in [1.807, 2.05) is 19.6 Å². The fourth-order valence-corrected chi connectivity index (χ4v) is 3.99. The molecule has 0 aliphatic carbocycles. The van der Waals surface area contributed by atoms with Crippen LogP contribution in [-0.4, -0.2) is 77.3 Å². The maximum Gasteiger partial charge on any atom is 0.193 e. The van der Waals surface area contributed by atoms with Crippen molar-refractivity contribution in [1.29, 1.82) is 0 Å². The SMILES string of the molecule is CN=C(NCCn1ccnc1)N1CC2OCCN(Cc3ccccc3)C2C1.I. The Bertz CT molecular complexity index is 738. The van der Waals surface area contributed by atoms with E-state index in [1.54, 1.807) is 6.20 Å². The molecule has 0 radical (unpaired) electrons. The van der Waals surface area contributed by atoms with E-state index < -0.39 is 0 Å². The van der Waals surface area contributed by atoms with Gasteiger partial charge in [0.15, 0.2) is 5.96 Å². The van der Waals surface area contributed by atoms with Crippen molar-refractivity contribution in [2.45, 2.75) is 25.2 Å². The van der Waals surface area contributed by atoms with Gasteiger partial charge in [-0.2, -0.15) is 0 Å². The molecule has 1 N–H and O–H groups in total. The van der Waals surface area contributed by atoms with Crippen molar-refractivity contribution < 1.29 is 4.74 Å². The molecule has 0 spiro atoms. The van der Waals surface area contributed by atoms with Gasteiger partial charge in [0.25, 0.3) is 0 Å². The number of halogens is 1. The van der Waals surface area contributed by atoms with Crippen molar-refractivity contribution in [3.05, 3.63) is 54.6 Å². The highest BCUT2D eigenvalue weighted by molar-refractivity contribution is 14.0. The molecule has 4 rings (SSSR count).